The van der Waals surface area contributed by atoms with Gasteiger partial charge in [0.1, 0.15) is 5.69 Å². The van der Waals surface area contributed by atoms with Crippen molar-refractivity contribution in [2.45, 2.75) is 40.0 Å². The molecule has 0 saturated heterocycles. The zero-order valence-electron chi connectivity index (χ0n) is 14.2. The van der Waals surface area contributed by atoms with Gasteiger partial charge in [0.15, 0.2) is 5.78 Å². The van der Waals surface area contributed by atoms with Crippen molar-refractivity contribution in [2.24, 2.45) is 0 Å². The summed E-state index contributed by atoms with van der Waals surface area (Å²) in [7, 11) is 0. The molecule has 1 amide bonds. The van der Waals surface area contributed by atoms with Crippen LogP contribution in [0.2, 0.25) is 0 Å². The molecule has 0 bridgehead atoms. The second-order valence-electron chi connectivity index (χ2n) is 5.91. The van der Waals surface area contributed by atoms with Crippen LogP contribution < -0.4 is 5.32 Å². The Labute approximate surface area is 137 Å². The predicted octanol–water partition coefficient (Wildman–Crippen LogP) is 3.76. The highest BCUT2D eigenvalue weighted by atomic mass is 16.2. The number of nitrogens with one attached hydrogen (secondary N) is 2. The first kappa shape index (κ1) is 17.0. The SMILES string of the molecule is CCC(CNC(=O)c1[nH]c(C)c(C(C)=O)c1C)c1ccccc1. The Morgan fingerprint density at radius 1 is 1.17 bits per heavy atom. The van der Waals surface area contributed by atoms with Gasteiger partial charge in [0, 0.05) is 23.7 Å². The van der Waals surface area contributed by atoms with E-state index in [1.54, 1.807) is 0 Å². The van der Waals surface area contributed by atoms with E-state index < -0.39 is 0 Å². The van der Waals surface area contributed by atoms with Crippen LogP contribution in [-0.4, -0.2) is 23.2 Å². The van der Waals surface area contributed by atoms with Crippen molar-refractivity contribution in [3.05, 3.63) is 58.4 Å². The van der Waals surface area contributed by atoms with Gasteiger partial charge in [-0.3, -0.25) is 9.59 Å². The van der Waals surface area contributed by atoms with Crippen LogP contribution in [0.4, 0.5) is 0 Å². The van der Waals surface area contributed by atoms with Crippen LogP contribution in [0.3, 0.4) is 0 Å². The molecule has 0 fully saturated rings. The lowest BCUT2D eigenvalue weighted by molar-refractivity contribution is 0.0945. The zero-order chi connectivity index (χ0) is 17.0. The van der Waals surface area contributed by atoms with Crippen LogP contribution in [0, 0.1) is 13.8 Å². The first-order chi connectivity index (χ1) is 11.0. The van der Waals surface area contributed by atoms with Crippen molar-refractivity contribution in [2.75, 3.05) is 6.54 Å². The Morgan fingerprint density at radius 2 is 1.83 bits per heavy atom. The molecule has 0 aliphatic carbocycles. The zero-order valence-corrected chi connectivity index (χ0v) is 14.2. The molecule has 2 N–H and O–H groups in total. The summed E-state index contributed by atoms with van der Waals surface area (Å²) in [5.41, 5.74) is 3.79. The lowest BCUT2D eigenvalue weighted by atomic mass is 9.96. The number of ketones is 1. The molecular weight excluding hydrogens is 288 g/mol. The van der Waals surface area contributed by atoms with Gasteiger partial charge in [-0.05, 0) is 38.3 Å². The summed E-state index contributed by atoms with van der Waals surface area (Å²) in [4.78, 5) is 27.2. The molecule has 0 radical (unpaired) electrons. The molecule has 4 heteroatoms. The van der Waals surface area contributed by atoms with Gasteiger partial charge in [-0.25, -0.2) is 0 Å². The maximum Gasteiger partial charge on any atom is 0.268 e. The average molecular weight is 312 g/mol. The molecule has 0 saturated carbocycles. The molecule has 0 aliphatic heterocycles. The number of hydrogen-bond donors (Lipinski definition) is 2. The summed E-state index contributed by atoms with van der Waals surface area (Å²) in [6.45, 7) is 7.84. The number of amides is 1. The topological polar surface area (TPSA) is 62.0 Å². The highest BCUT2D eigenvalue weighted by molar-refractivity contribution is 6.02. The van der Waals surface area contributed by atoms with Crippen molar-refractivity contribution in [3.63, 3.8) is 0 Å². The molecule has 4 nitrogen and oxygen atoms in total. The van der Waals surface area contributed by atoms with Crippen LogP contribution in [0.15, 0.2) is 30.3 Å². The Morgan fingerprint density at radius 3 is 2.35 bits per heavy atom. The Kier molecular flexibility index (Phi) is 5.37. The molecule has 2 aromatic rings. The third-order valence-electron chi connectivity index (χ3n) is 4.29. The molecule has 1 heterocycles. The maximum atomic E-state index is 12.5. The molecule has 1 aromatic heterocycles. The fourth-order valence-corrected chi connectivity index (χ4v) is 3.03. The van der Waals surface area contributed by atoms with Gasteiger partial charge in [0.25, 0.3) is 5.91 Å². The number of aromatic nitrogens is 1. The number of aryl methyl sites for hydroxylation is 1. The summed E-state index contributed by atoms with van der Waals surface area (Å²) < 4.78 is 0. The van der Waals surface area contributed by atoms with E-state index in [9.17, 15) is 9.59 Å². The van der Waals surface area contributed by atoms with Crippen molar-refractivity contribution in [1.82, 2.24) is 10.3 Å². The van der Waals surface area contributed by atoms with E-state index in [-0.39, 0.29) is 17.6 Å². The Hall–Kier alpha value is -2.36. The summed E-state index contributed by atoms with van der Waals surface area (Å²) >= 11 is 0. The third kappa shape index (κ3) is 3.70. The molecule has 0 aliphatic rings. The van der Waals surface area contributed by atoms with E-state index in [4.69, 9.17) is 0 Å². The number of rotatable bonds is 6. The summed E-state index contributed by atoms with van der Waals surface area (Å²) in [5, 5.41) is 2.99. The lowest BCUT2D eigenvalue weighted by Crippen LogP contribution is -2.29. The van der Waals surface area contributed by atoms with E-state index in [1.165, 1.54) is 12.5 Å². The summed E-state index contributed by atoms with van der Waals surface area (Å²) in [6, 6.07) is 10.2. The second-order valence-corrected chi connectivity index (χ2v) is 5.91. The summed E-state index contributed by atoms with van der Waals surface area (Å²) in [5.74, 6) is 0.0993. The number of Topliss-reactive ketones (excluding diaryl/α,β-unsaturated/α-hetero) is 1. The maximum absolute atomic E-state index is 12.5. The Bertz CT molecular complexity index is 702. The first-order valence-corrected chi connectivity index (χ1v) is 7.98. The van der Waals surface area contributed by atoms with E-state index in [0.717, 1.165) is 17.7 Å². The molecule has 122 valence electrons. The first-order valence-electron chi connectivity index (χ1n) is 7.98. The molecule has 0 spiro atoms. The van der Waals surface area contributed by atoms with E-state index in [1.807, 2.05) is 32.0 Å². The smallest absolute Gasteiger partial charge is 0.268 e. The second kappa shape index (κ2) is 7.27. The van der Waals surface area contributed by atoms with Crippen molar-refractivity contribution in [1.29, 1.82) is 0 Å². The minimum absolute atomic E-state index is 0.0222. The van der Waals surface area contributed by atoms with Crippen LogP contribution >= 0.6 is 0 Å². The largest absolute Gasteiger partial charge is 0.354 e. The quantitative estimate of drug-likeness (QED) is 0.798. The minimum Gasteiger partial charge on any atom is -0.354 e. The number of benzene rings is 1. The highest BCUT2D eigenvalue weighted by Crippen LogP contribution is 2.20. The van der Waals surface area contributed by atoms with Crippen molar-refractivity contribution >= 4 is 11.7 Å². The number of carbonyl (C=O) groups excluding carboxylic acids is 2. The molecule has 1 atom stereocenters. The van der Waals surface area contributed by atoms with Gasteiger partial charge in [-0.1, -0.05) is 37.3 Å². The highest BCUT2D eigenvalue weighted by Gasteiger charge is 2.20. The number of aromatic amines is 1. The lowest BCUT2D eigenvalue weighted by Gasteiger charge is -2.16. The van der Waals surface area contributed by atoms with Gasteiger partial charge in [-0.2, -0.15) is 0 Å². The molecular formula is C19H24N2O2. The van der Waals surface area contributed by atoms with Crippen LogP contribution in [-0.2, 0) is 0 Å². The monoisotopic (exact) mass is 312 g/mol. The van der Waals surface area contributed by atoms with Crippen LogP contribution in [0.25, 0.3) is 0 Å². The van der Waals surface area contributed by atoms with Crippen LogP contribution in [0.5, 0.6) is 0 Å². The fraction of sp³-hybridized carbons (Fsp3) is 0.368. The average Bonchev–Trinajstić information content (AvgIpc) is 2.83. The van der Waals surface area contributed by atoms with Gasteiger partial charge in [0.05, 0.1) is 0 Å². The van der Waals surface area contributed by atoms with Gasteiger partial charge >= 0.3 is 0 Å². The molecule has 23 heavy (non-hydrogen) atoms. The van der Waals surface area contributed by atoms with Gasteiger partial charge in [-0.15, -0.1) is 0 Å². The number of hydrogen-bond acceptors (Lipinski definition) is 2. The normalized spacial score (nSPS) is 12.0. The standard InChI is InChI=1S/C19H24N2O2/c1-5-15(16-9-7-6-8-10-16)11-20-19(23)18-12(2)17(14(4)22)13(3)21-18/h6-10,15,21H,5,11H2,1-4H3,(H,20,23). The minimum atomic E-state index is -0.160. The van der Waals surface area contributed by atoms with Gasteiger partial charge in [0.2, 0.25) is 0 Å². The molecule has 1 unspecified atom stereocenters. The fourth-order valence-electron chi connectivity index (χ4n) is 3.03. The summed E-state index contributed by atoms with van der Waals surface area (Å²) in [6.07, 6.45) is 0.950. The number of H-pyrrole nitrogens is 1. The molecule has 2 rings (SSSR count). The van der Waals surface area contributed by atoms with Crippen molar-refractivity contribution in [3.8, 4) is 0 Å². The third-order valence-corrected chi connectivity index (χ3v) is 4.29. The Balaban J connectivity index is 2.11. The number of carbonyl (C=O) groups is 2. The van der Waals surface area contributed by atoms with E-state index in [2.05, 4.69) is 29.4 Å². The van der Waals surface area contributed by atoms with Gasteiger partial charge < -0.3 is 10.3 Å². The van der Waals surface area contributed by atoms with Crippen molar-refractivity contribution < 1.29 is 9.59 Å². The van der Waals surface area contributed by atoms with E-state index >= 15 is 0 Å². The molecule has 1 aromatic carbocycles. The predicted molar refractivity (Wildman–Crippen MR) is 92.1 cm³/mol. The van der Waals surface area contributed by atoms with Crippen LogP contribution in [0.1, 0.15) is 63.9 Å². The van der Waals surface area contributed by atoms with E-state index in [0.29, 0.717) is 17.8 Å².